The summed E-state index contributed by atoms with van der Waals surface area (Å²) in [5.41, 5.74) is 0.572. The van der Waals surface area contributed by atoms with Crippen LogP contribution in [0.15, 0.2) is 54.6 Å². The van der Waals surface area contributed by atoms with Crippen molar-refractivity contribution in [2.24, 2.45) is 5.41 Å². The standard InChI is InChI=1S/C19H17N3O2S/c1-2-24-18(23)17-16(25-22-21-17)12-19(13-20)10-8-15(9-11-19)14-6-4-3-5-7-14/h3-11,15H,2,12H2,1H3. The zero-order valence-electron chi connectivity index (χ0n) is 13.8. The van der Waals surface area contributed by atoms with E-state index in [2.05, 4.69) is 27.8 Å². The van der Waals surface area contributed by atoms with Gasteiger partial charge in [0, 0.05) is 12.3 Å². The minimum absolute atomic E-state index is 0.145. The van der Waals surface area contributed by atoms with Crippen molar-refractivity contribution in [1.29, 1.82) is 5.26 Å². The van der Waals surface area contributed by atoms with Crippen LogP contribution in [0.4, 0.5) is 0 Å². The highest BCUT2D eigenvalue weighted by molar-refractivity contribution is 7.05. The predicted octanol–water partition coefficient (Wildman–Crippen LogP) is 3.68. The molecule has 0 aliphatic heterocycles. The third-order valence-electron chi connectivity index (χ3n) is 4.07. The fourth-order valence-electron chi connectivity index (χ4n) is 2.75. The Labute approximate surface area is 150 Å². The van der Waals surface area contributed by atoms with E-state index in [1.165, 1.54) is 5.56 Å². The molecule has 1 aromatic heterocycles. The van der Waals surface area contributed by atoms with Crippen LogP contribution < -0.4 is 0 Å². The predicted molar refractivity (Wildman–Crippen MR) is 95.1 cm³/mol. The van der Waals surface area contributed by atoms with Gasteiger partial charge in [0.1, 0.15) is 0 Å². The van der Waals surface area contributed by atoms with E-state index >= 15 is 0 Å². The zero-order valence-corrected chi connectivity index (χ0v) is 14.6. The van der Waals surface area contributed by atoms with Gasteiger partial charge in [-0.15, -0.1) is 5.10 Å². The summed E-state index contributed by atoms with van der Waals surface area (Å²) in [6.07, 6.45) is 8.20. The number of benzene rings is 1. The number of esters is 1. The molecule has 5 nitrogen and oxygen atoms in total. The molecule has 0 spiro atoms. The monoisotopic (exact) mass is 351 g/mol. The van der Waals surface area contributed by atoms with Gasteiger partial charge < -0.3 is 4.74 Å². The number of carbonyl (C=O) groups excluding carboxylic acids is 1. The van der Waals surface area contributed by atoms with Crippen LogP contribution >= 0.6 is 11.5 Å². The van der Waals surface area contributed by atoms with E-state index in [0.717, 1.165) is 11.5 Å². The van der Waals surface area contributed by atoms with Crippen LogP contribution in [-0.4, -0.2) is 22.2 Å². The van der Waals surface area contributed by atoms with E-state index in [1.54, 1.807) is 6.92 Å². The molecule has 1 aliphatic rings. The van der Waals surface area contributed by atoms with Crippen molar-refractivity contribution in [3.8, 4) is 6.07 Å². The molecule has 0 saturated carbocycles. The number of allylic oxidation sites excluding steroid dienone is 4. The van der Waals surface area contributed by atoms with Crippen LogP contribution in [0, 0.1) is 16.7 Å². The molecular weight excluding hydrogens is 334 g/mol. The average Bonchev–Trinajstić information content (AvgIpc) is 3.11. The Morgan fingerprint density at radius 1 is 1.32 bits per heavy atom. The summed E-state index contributed by atoms with van der Waals surface area (Å²) in [5.74, 6) is -0.350. The maximum Gasteiger partial charge on any atom is 0.360 e. The topological polar surface area (TPSA) is 75.9 Å². The van der Waals surface area contributed by atoms with Crippen molar-refractivity contribution in [3.05, 3.63) is 70.8 Å². The number of carbonyl (C=O) groups is 1. The Morgan fingerprint density at radius 2 is 2.04 bits per heavy atom. The second-order valence-corrected chi connectivity index (χ2v) is 6.59. The molecule has 126 valence electrons. The molecule has 3 rings (SSSR count). The second kappa shape index (κ2) is 7.41. The van der Waals surface area contributed by atoms with E-state index in [0.29, 0.717) is 11.3 Å². The first-order valence-electron chi connectivity index (χ1n) is 8.01. The number of ether oxygens (including phenoxy) is 1. The van der Waals surface area contributed by atoms with Gasteiger partial charge in [0.2, 0.25) is 0 Å². The van der Waals surface area contributed by atoms with Crippen LogP contribution in [0.3, 0.4) is 0 Å². The molecule has 0 amide bonds. The summed E-state index contributed by atoms with van der Waals surface area (Å²) in [6.45, 7) is 2.02. The number of nitrogens with zero attached hydrogens (tertiary/aromatic N) is 3. The van der Waals surface area contributed by atoms with Gasteiger partial charge in [-0.25, -0.2) is 4.79 Å². The van der Waals surface area contributed by atoms with E-state index in [9.17, 15) is 10.1 Å². The molecule has 6 heteroatoms. The van der Waals surface area contributed by atoms with Crippen molar-refractivity contribution in [2.75, 3.05) is 6.61 Å². The van der Waals surface area contributed by atoms with Gasteiger partial charge in [0.15, 0.2) is 5.69 Å². The molecule has 2 aromatic rings. The third kappa shape index (κ3) is 3.67. The molecule has 0 bridgehead atoms. The Morgan fingerprint density at radius 3 is 2.68 bits per heavy atom. The Balaban J connectivity index is 1.81. The first-order chi connectivity index (χ1) is 12.2. The van der Waals surface area contributed by atoms with Gasteiger partial charge in [-0.3, -0.25) is 0 Å². The molecule has 1 heterocycles. The summed E-state index contributed by atoms with van der Waals surface area (Å²) in [7, 11) is 0. The molecular formula is C19H17N3O2S. The van der Waals surface area contributed by atoms with Crippen molar-refractivity contribution < 1.29 is 9.53 Å². The zero-order chi connectivity index (χ0) is 17.7. The SMILES string of the molecule is CCOC(=O)c1nnsc1CC1(C#N)C=CC(c2ccccc2)C=C1. The molecule has 1 aliphatic carbocycles. The molecule has 1 aromatic carbocycles. The van der Waals surface area contributed by atoms with Crippen LogP contribution in [0.2, 0.25) is 0 Å². The van der Waals surface area contributed by atoms with Gasteiger partial charge in [0.25, 0.3) is 0 Å². The summed E-state index contributed by atoms with van der Waals surface area (Å²) < 4.78 is 8.86. The van der Waals surface area contributed by atoms with E-state index in [1.807, 2.05) is 42.5 Å². The minimum atomic E-state index is -0.805. The summed E-state index contributed by atoms with van der Waals surface area (Å²) in [6, 6.07) is 12.4. The quantitative estimate of drug-likeness (QED) is 0.607. The molecule has 25 heavy (non-hydrogen) atoms. The highest BCUT2D eigenvalue weighted by atomic mass is 32.1. The van der Waals surface area contributed by atoms with Crippen molar-refractivity contribution in [1.82, 2.24) is 9.59 Å². The third-order valence-corrected chi connectivity index (χ3v) is 4.79. The molecule has 0 atom stereocenters. The number of hydrogen-bond donors (Lipinski definition) is 0. The molecule has 0 radical (unpaired) electrons. The summed E-state index contributed by atoms with van der Waals surface area (Å²) >= 11 is 1.13. The Bertz CT molecular complexity index is 835. The van der Waals surface area contributed by atoms with E-state index in [-0.39, 0.29) is 18.2 Å². The Hall–Kier alpha value is -2.78. The number of hydrogen-bond acceptors (Lipinski definition) is 6. The molecule has 0 fully saturated rings. The van der Waals surface area contributed by atoms with Crippen molar-refractivity contribution in [2.45, 2.75) is 19.3 Å². The lowest BCUT2D eigenvalue weighted by atomic mass is 9.78. The van der Waals surface area contributed by atoms with Gasteiger partial charge in [-0.2, -0.15) is 5.26 Å². The first kappa shape index (κ1) is 17.1. The van der Waals surface area contributed by atoms with Crippen LogP contribution in [0.1, 0.15) is 33.8 Å². The van der Waals surface area contributed by atoms with Gasteiger partial charge in [0.05, 0.1) is 23.0 Å². The molecule has 0 unspecified atom stereocenters. The van der Waals surface area contributed by atoms with Crippen LogP contribution in [0.5, 0.6) is 0 Å². The van der Waals surface area contributed by atoms with Crippen molar-refractivity contribution >= 4 is 17.5 Å². The van der Waals surface area contributed by atoms with Crippen molar-refractivity contribution in [3.63, 3.8) is 0 Å². The van der Waals surface area contributed by atoms with Gasteiger partial charge in [-0.1, -0.05) is 59.1 Å². The van der Waals surface area contributed by atoms with Crippen LogP contribution in [-0.2, 0) is 11.2 Å². The molecule has 0 N–H and O–H groups in total. The first-order valence-corrected chi connectivity index (χ1v) is 8.78. The Kier molecular flexibility index (Phi) is 5.05. The highest BCUT2D eigenvalue weighted by Gasteiger charge is 2.31. The second-order valence-electron chi connectivity index (χ2n) is 5.75. The fraction of sp³-hybridized carbons (Fsp3) is 0.263. The largest absolute Gasteiger partial charge is 0.461 e. The number of nitriles is 1. The molecule has 0 saturated heterocycles. The smallest absolute Gasteiger partial charge is 0.360 e. The van der Waals surface area contributed by atoms with Gasteiger partial charge >= 0.3 is 5.97 Å². The average molecular weight is 351 g/mol. The summed E-state index contributed by atoms with van der Waals surface area (Å²) in [5, 5.41) is 13.6. The lowest BCUT2D eigenvalue weighted by molar-refractivity contribution is 0.0518. The number of aromatic nitrogens is 2. The summed E-state index contributed by atoms with van der Waals surface area (Å²) in [4.78, 5) is 12.6. The number of rotatable bonds is 5. The van der Waals surface area contributed by atoms with Gasteiger partial charge in [-0.05, 0) is 24.0 Å². The minimum Gasteiger partial charge on any atom is -0.461 e. The maximum atomic E-state index is 12.0. The lowest BCUT2D eigenvalue weighted by Gasteiger charge is -2.24. The normalized spacial score (nSPS) is 21.7. The fourth-order valence-corrected chi connectivity index (χ4v) is 3.48. The van der Waals surface area contributed by atoms with E-state index in [4.69, 9.17) is 4.74 Å². The van der Waals surface area contributed by atoms with Crippen LogP contribution in [0.25, 0.3) is 0 Å². The highest BCUT2D eigenvalue weighted by Crippen LogP contribution is 2.35. The lowest BCUT2D eigenvalue weighted by Crippen LogP contribution is -2.20. The van der Waals surface area contributed by atoms with E-state index < -0.39 is 11.4 Å². The maximum absolute atomic E-state index is 12.0.